The van der Waals surface area contributed by atoms with E-state index >= 15 is 0 Å². The van der Waals surface area contributed by atoms with Crippen LogP contribution in [0.2, 0.25) is 0 Å². The summed E-state index contributed by atoms with van der Waals surface area (Å²) in [7, 11) is 0. The highest BCUT2D eigenvalue weighted by molar-refractivity contribution is 7.10. The monoisotopic (exact) mass is 422 g/mol. The molecular weight excluding hydrogens is 399 g/mol. The van der Waals surface area contributed by atoms with E-state index in [9.17, 15) is 14.0 Å². The summed E-state index contributed by atoms with van der Waals surface area (Å²) in [6.45, 7) is 2.15. The first-order chi connectivity index (χ1) is 14.5. The van der Waals surface area contributed by atoms with E-state index in [2.05, 4.69) is 29.7 Å². The zero-order valence-corrected chi connectivity index (χ0v) is 17.5. The van der Waals surface area contributed by atoms with Crippen molar-refractivity contribution in [1.29, 1.82) is 0 Å². The molecule has 0 saturated carbocycles. The summed E-state index contributed by atoms with van der Waals surface area (Å²) in [6, 6.07) is 16.1. The minimum Gasteiger partial charge on any atom is -0.344 e. The number of carbonyl (C=O) groups is 2. The fraction of sp³-hybridized carbons (Fsp3) is 0.250. The van der Waals surface area contributed by atoms with Crippen molar-refractivity contribution in [3.8, 4) is 0 Å². The molecule has 2 heterocycles. The maximum absolute atomic E-state index is 13.6. The Morgan fingerprint density at radius 1 is 1.23 bits per heavy atom. The Balaban J connectivity index is 1.62. The third-order valence-corrected chi connectivity index (χ3v) is 6.27. The highest BCUT2D eigenvalue weighted by Crippen LogP contribution is 2.34. The van der Waals surface area contributed by atoms with Crippen LogP contribution in [0.3, 0.4) is 0 Å². The molecule has 4 rings (SSSR count). The first-order valence-electron chi connectivity index (χ1n) is 10.1. The van der Waals surface area contributed by atoms with E-state index in [4.69, 9.17) is 0 Å². The molecule has 2 amide bonds. The molecular formula is C24H23FN2O2S. The second-order valence-corrected chi connectivity index (χ2v) is 8.46. The Hall–Kier alpha value is -2.99. The summed E-state index contributed by atoms with van der Waals surface area (Å²) >= 11 is 1.57. The first kappa shape index (κ1) is 20.3. The van der Waals surface area contributed by atoms with Gasteiger partial charge in [-0.3, -0.25) is 9.59 Å². The molecule has 0 aliphatic carbocycles. The standard InChI is InChI=1S/C24H23FN2O2S/c1-2-4-15-6-8-16(9-7-15)23(21-5-3-12-30-21)27-24(29)19-14-22(28)26-20-13-17(25)10-11-18(19)20/h3,5-13,19,23H,2,4,14H2,1H3,(H,26,28)(H,27,29)/t19-,23+/m0/s1. The SMILES string of the molecule is CCCc1ccc([C@@H](NC(=O)[C@H]2CC(=O)Nc3cc(F)ccc32)c2cccs2)cc1. The van der Waals surface area contributed by atoms with Gasteiger partial charge in [0, 0.05) is 17.0 Å². The van der Waals surface area contributed by atoms with Crippen LogP contribution in [0, 0.1) is 5.82 Å². The van der Waals surface area contributed by atoms with Crippen molar-refractivity contribution >= 4 is 28.8 Å². The molecule has 0 bridgehead atoms. The predicted molar refractivity (Wildman–Crippen MR) is 117 cm³/mol. The minimum absolute atomic E-state index is 0.0388. The van der Waals surface area contributed by atoms with Gasteiger partial charge < -0.3 is 10.6 Å². The number of rotatable bonds is 6. The molecule has 1 aliphatic rings. The van der Waals surface area contributed by atoms with Crippen LogP contribution < -0.4 is 10.6 Å². The van der Waals surface area contributed by atoms with Crippen LogP contribution in [0.1, 0.15) is 53.3 Å². The van der Waals surface area contributed by atoms with Gasteiger partial charge in [0.2, 0.25) is 11.8 Å². The van der Waals surface area contributed by atoms with Gasteiger partial charge in [-0.2, -0.15) is 0 Å². The van der Waals surface area contributed by atoms with E-state index in [1.807, 2.05) is 29.6 Å². The molecule has 1 aromatic heterocycles. The maximum atomic E-state index is 13.6. The van der Waals surface area contributed by atoms with Gasteiger partial charge in [-0.1, -0.05) is 49.7 Å². The molecule has 0 spiro atoms. The quantitative estimate of drug-likeness (QED) is 0.576. The van der Waals surface area contributed by atoms with E-state index in [-0.39, 0.29) is 24.3 Å². The maximum Gasteiger partial charge on any atom is 0.228 e. The number of hydrogen-bond donors (Lipinski definition) is 2. The number of aryl methyl sites for hydroxylation is 1. The normalized spacial score (nSPS) is 16.5. The molecule has 4 nitrogen and oxygen atoms in total. The van der Waals surface area contributed by atoms with Gasteiger partial charge >= 0.3 is 0 Å². The lowest BCUT2D eigenvalue weighted by molar-refractivity contribution is -0.126. The van der Waals surface area contributed by atoms with Crippen LogP contribution >= 0.6 is 11.3 Å². The number of fused-ring (bicyclic) bond motifs is 1. The minimum atomic E-state index is -0.656. The summed E-state index contributed by atoms with van der Waals surface area (Å²) in [5.41, 5.74) is 3.25. The lowest BCUT2D eigenvalue weighted by Gasteiger charge is -2.27. The van der Waals surface area contributed by atoms with Crippen molar-refractivity contribution in [3.63, 3.8) is 0 Å². The van der Waals surface area contributed by atoms with Crippen molar-refractivity contribution in [2.45, 2.75) is 38.1 Å². The van der Waals surface area contributed by atoms with Crippen LogP contribution in [0.15, 0.2) is 60.0 Å². The van der Waals surface area contributed by atoms with E-state index in [1.54, 1.807) is 17.4 Å². The van der Waals surface area contributed by atoms with E-state index in [0.717, 1.165) is 23.3 Å². The number of nitrogens with one attached hydrogen (secondary N) is 2. The zero-order chi connectivity index (χ0) is 21.1. The van der Waals surface area contributed by atoms with Crippen molar-refractivity contribution in [3.05, 3.63) is 87.4 Å². The van der Waals surface area contributed by atoms with Gasteiger partial charge in [0.15, 0.2) is 0 Å². The lowest BCUT2D eigenvalue weighted by atomic mass is 9.89. The largest absolute Gasteiger partial charge is 0.344 e. The third kappa shape index (κ3) is 4.28. The van der Waals surface area contributed by atoms with Crippen LogP contribution in [-0.2, 0) is 16.0 Å². The van der Waals surface area contributed by atoms with E-state index in [1.165, 1.54) is 17.7 Å². The van der Waals surface area contributed by atoms with Crippen LogP contribution in [-0.4, -0.2) is 11.8 Å². The number of hydrogen-bond acceptors (Lipinski definition) is 3. The van der Waals surface area contributed by atoms with E-state index in [0.29, 0.717) is 11.3 Å². The average Bonchev–Trinajstić information content (AvgIpc) is 3.26. The van der Waals surface area contributed by atoms with Crippen LogP contribution in [0.5, 0.6) is 0 Å². The second kappa shape index (κ2) is 8.79. The molecule has 6 heteroatoms. The number of benzene rings is 2. The van der Waals surface area contributed by atoms with Gasteiger partial charge in [0.1, 0.15) is 5.82 Å². The van der Waals surface area contributed by atoms with Crippen molar-refractivity contribution in [1.82, 2.24) is 5.32 Å². The Morgan fingerprint density at radius 3 is 2.73 bits per heavy atom. The molecule has 0 radical (unpaired) electrons. The van der Waals surface area contributed by atoms with Crippen LogP contribution in [0.25, 0.3) is 0 Å². The predicted octanol–water partition coefficient (Wildman–Crippen LogP) is 5.17. The number of halogens is 1. The molecule has 154 valence electrons. The smallest absolute Gasteiger partial charge is 0.228 e. The molecule has 0 fully saturated rings. The molecule has 2 N–H and O–H groups in total. The number of thiophene rings is 1. The zero-order valence-electron chi connectivity index (χ0n) is 16.7. The van der Waals surface area contributed by atoms with Gasteiger partial charge in [-0.25, -0.2) is 4.39 Å². The third-order valence-electron chi connectivity index (χ3n) is 5.34. The topological polar surface area (TPSA) is 58.2 Å². The van der Waals surface area contributed by atoms with Crippen molar-refractivity contribution < 1.29 is 14.0 Å². The summed E-state index contributed by atoms with van der Waals surface area (Å²) in [6.07, 6.45) is 2.13. The first-order valence-corrected chi connectivity index (χ1v) is 10.9. The summed E-state index contributed by atoms with van der Waals surface area (Å²) in [4.78, 5) is 26.4. The van der Waals surface area contributed by atoms with Gasteiger partial charge in [-0.05, 0) is 46.7 Å². The lowest BCUT2D eigenvalue weighted by Crippen LogP contribution is -2.37. The Labute approximate surface area is 179 Å². The Bertz CT molecular complexity index is 1050. The highest BCUT2D eigenvalue weighted by Gasteiger charge is 2.32. The summed E-state index contributed by atoms with van der Waals surface area (Å²) in [5, 5.41) is 7.77. The van der Waals surface area contributed by atoms with Gasteiger partial charge in [0.25, 0.3) is 0 Å². The van der Waals surface area contributed by atoms with Gasteiger partial charge in [-0.15, -0.1) is 11.3 Å². The fourth-order valence-electron chi connectivity index (χ4n) is 3.85. The number of anilines is 1. The van der Waals surface area contributed by atoms with Gasteiger partial charge in [0.05, 0.1) is 12.0 Å². The van der Waals surface area contributed by atoms with Crippen molar-refractivity contribution in [2.75, 3.05) is 5.32 Å². The van der Waals surface area contributed by atoms with Crippen molar-refractivity contribution in [2.24, 2.45) is 0 Å². The molecule has 0 saturated heterocycles. The molecule has 2 aromatic carbocycles. The molecule has 2 atom stereocenters. The number of carbonyl (C=O) groups excluding carboxylic acids is 2. The van der Waals surface area contributed by atoms with E-state index < -0.39 is 11.7 Å². The second-order valence-electron chi connectivity index (χ2n) is 7.49. The molecule has 30 heavy (non-hydrogen) atoms. The molecule has 1 aliphatic heterocycles. The Kier molecular flexibility index (Phi) is 5.95. The number of amides is 2. The highest BCUT2D eigenvalue weighted by atomic mass is 32.1. The Morgan fingerprint density at radius 2 is 2.03 bits per heavy atom. The fourth-order valence-corrected chi connectivity index (χ4v) is 4.66. The summed E-state index contributed by atoms with van der Waals surface area (Å²) in [5.74, 6) is -1.63. The average molecular weight is 423 g/mol. The summed E-state index contributed by atoms with van der Waals surface area (Å²) < 4.78 is 13.6. The van der Waals surface area contributed by atoms with Crippen LogP contribution in [0.4, 0.5) is 10.1 Å². The molecule has 0 unspecified atom stereocenters. The molecule has 3 aromatic rings.